The lowest BCUT2D eigenvalue weighted by Crippen LogP contribution is -2.19. The number of hydrazone groups is 1. The van der Waals surface area contributed by atoms with Gasteiger partial charge in [0, 0.05) is 0 Å². The number of alkyl halides is 2. The van der Waals surface area contributed by atoms with E-state index in [9.17, 15) is 18.7 Å². The lowest BCUT2D eigenvalue weighted by Gasteiger charge is -2.08. The van der Waals surface area contributed by atoms with E-state index in [4.69, 9.17) is 0 Å². The van der Waals surface area contributed by atoms with Crippen LogP contribution in [0.25, 0.3) is 10.8 Å². The van der Waals surface area contributed by atoms with E-state index >= 15 is 0 Å². The lowest BCUT2D eigenvalue weighted by molar-refractivity contribution is -0.0498. The van der Waals surface area contributed by atoms with E-state index in [1.165, 1.54) is 18.2 Å². The SMILES string of the molecule is C/C(=N/NC(=O)c1cc2ccccc2cc1O)c1ccc(OC(F)F)cc1. The average molecular weight is 370 g/mol. The van der Waals surface area contributed by atoms with Crippen molar-refractivity contribution in [2.45, 2.75) is 13.5 Å². The number of phenols is 1. The molecule has 0 unspecified atom stereocenters. The van der Waals surface area contributed by atoms with Crippen LogP contribution in [0.4, 0.5) is 8.78 Å². The van der Waals surface area contributed by atoms with Crippen LogP contribution in [-0.2, 0) is 0 Å². The molecule has 0 fully saturated rings. The Hall–Kier alpha value is -3.48. The molecule has 0 aliphatic heterocycles. The van der Waals surface area contributed by atoms with Gasteiger partial charge >= 0.3 is 6.61 Å². The normalized spacial score (nSPS) is 11.6. The Labute approximate surface area is 153 Å². The van der Waals surface area contributed by atoms with E-state index in [-0.39, 0.29) is 17.1 Å². The summed E-state index contributed by atoms with van der Waals surface area (Å²) in [6.07, 6.45) is 0. The van der Waals surface area contributed by atoms with Gasteiger partial charge in [-0.05, 0) is 59.7 Å². The second-order valence-electron chi connectivity index (χ2n) is 5.76. The number of ether oxygens (including phenoxy) is 1. The Kier molecular flexibility index (Phi) is 5.30. The highest BCUT2D eigenvalue weighted by atomic mass is 19.3. The molecule has 1 amide bonds. The van der Waals surface area contributed by atoms with Gasteiger partial charge in [-0.2, -0.15) is 13.9 Å². The first-order valence-corrected chi connectivity index (χ1v) is 8.05. The van der Waals surface area contributed by atoms with Gasteiger partial charge in [0.25, 0.3) is 5.91 Å². The van der Waals surface area contributed by atoms with Crippen LogP contribution >= 0.6 is 0 Å². The topological polar surface area (TPSA) is 70.9 Å². The third kappa shape index (κ3) is 4.38. The van der Waals surface area contributed by atoms with Crippen LogP contribution in [0, 0.1) is 0 Å². The summed E-state index contributed by atoms with van der Waals surface area (Å²) in [6, 6.07) is 16.3. The minimum Gasteiger partial charge on any atom is -0.507 e. The number of carbonyl (C=O) groups excluding carboxylic acids is 1. The molecule has 0 aliphatic rings. The number of hydrogen-bond donors (Lipinski definition) is 2. The molecule has 138 valence electrons. The molecule has 0 heterocycles. The van der Waals surface area contributed by atoms with Gasteiger partial charge in [-0.3, -0.25) is 4.79 Å². The second kappa shape index (κ2) is 7.82. The van der Waals surface area contributed by atoms with Crippen molar-refractivity contribution in [3.05, 3.63) is 71.8 Å². The largest absolute Gasteiger partial charge is 0.507 e. The van der Waals surface area contributed by atoms with Gasteiger partial charge < -0.3 is 9.84 Å². The zero-order valence-electron chi connectivity index (χ0n) is 14.3. The maximum Gasteiger partial charge on any atom is 0.387 e. The Morgan fingerprint density at radius 2 is 1.70 bits per heavy atom. The molecule has 3 aromatic carbocycles. The fourth-order valence-electron chi connectivity index (χ4n) is 2.55. The summed E-state index contributed by atoms with van der Waals surface area (Å²) in [7, 11) is 0. The fourth-order valence-corrected chi connectivity index (χ4v) is 2.55. The average Bonchev–Trinajstić information content (AvgIpc) is 2.65. The number of aromatic hydroxyl groups is 1. The number of hydrogen-bond acceptors (Lipinski definition) is 4. The van der Waals surface area contributed by atoms with Crippen LogP contribution in [0.5, 0.6) is 11.5 Å². The fraction of sp³-hybridized carbons (Fsp3) is 0.100. The van der Waals surface area contributed by atoms with E-state index < -0.39 is 12.5 Å². The molecular formula is C20H16F2N2O3. The zero-order chi connectivity index (χ0) is 19.4. The number of amides is 1. The first kappa shape index (κ1) is 18.3. The number of nitrogens with one attached hydrogen (secondary N) is 1. The van der Waals surface area contributed by atoms with Crippen LogP contribution < -0.4 is 10.2 Å². The highest BCUT2D eigenvalue weighted by Crippen LogP contribution is 2.25. The molecule has 3 rings (SSSR count). The van der Waals surface area contributed by atoms with Crippen LogP contribution in [0.1, 0.15) is 22.8 Å². The number of halogens is 2. The molecule has 0 aliphatic carbocycles. The molecule has 0 saturated carbocycles. The van der Waals surface area contributed by atoms with E-state index in [2.05, 4.69) is 15.3 Å². The summed E-state index contributed by atoms with van der Waals surface area (Å²) in [5, 5.41) is 15.7. The molecule has 0 spiro atoms. The Morgan fingerprint density at radius 3 is 2.33 bits per heavy atom. The summed E-state index contributed by atoms with van der Waals surface area (Å²) < 4.78 is 28.6. The molecule has 0 bridgehead atoms. The quantitative estimate of drug-likeness (QED) is 0.520. The van der Waals surface area contributed by atoms with Crippen LogP contribution in [0.2, 0.25) is 0 Å². The van der Waals surface area contributed by atoms with Crippen LogP contribution in [-0.4, -0.2) is 23.3 Å². The van der Waals surface area contributed by atoms with Crippen molar-refractivity contribution >= 4 is 22.4 Å². The lowest BCUT2D eigenvalue weighted by atomic mass is 10.1. The molecule has 0 saturated heterocycles. The number of nitrogens with zero attached hydrogens (tertiary/aromatic N) is 1. The minimum atomic E-state index is -2.89. The van der Waals surface area contributed by atoms with E-state index in [0.29, 0.717) is 11.3 Å². The number of fused-ring (bicyclic) bond motifs is 1. The molecule has 0 atom stereocenters. The third-order valence-corrected chi connectivity index (χ3v) is 3.93. The number of benzene rings is 3. The van der Waals surface area contributed by atoms with Gasteiger partial charge in [-0.25, -0.2) is 5.43 Å². The Balaban J connectivity index is 1.75. The third-order valence-electron chi connectivity index (χ3n) is 3.93. The maximum absolute atomic E-state index is 12.3. The number of rotatable bonds is 5. The standard InChI is InChI=1S/C20H16F2N2O3/c1-12(13-6-8-16(9-7-13)27-20(21)22)23-24-19(26)17-10-14-4-2-3-5-15(14)11-18(17)25/h2-11,20,25H,1H3,(H,24,26)/b23-12-. The molecule has 7 heteroatoms. The first-order chi connectivity index (χ1) is 12.9. The molecule has 5 nitrogen and oxygen atoms in total. The first-order valence-electron chi connectivity index (χ1n) is 8.05. The predicted molar refractivity (Wildman–Crippen MR) is 98.4 cm³/mol. The van der Waals surface area contributed by atoms with Crippen molar-refractivity contribution in [2.75, 3.05) is 0 Å². The molecule has 0 radical (unpaired) electrons. The molecule has 27 heavy (non-hydrogen) atoms. The van der Waals surface area contributed by atoms with Gasteiger partial charge in [-0.15, -0.1) is 0 Å². The zero-order valence-corrected chi connectivity index (χ0v) is 14.3. The van der Waals surface area contributed by atoms with Gasteiger partial charge in [0.1, 0.15) is 11.5 Å². The van der Waals surface area contributed by atoms with E-state index in [1.807, 2.05) is 24.3 Å². The molecule has 2 N–H and O–H groups in total. The summed E-state index contributed by atoms with van der Waals surface area (Å²) in [4.78, 5) is 12.3. The summed E-state index contributed by atoms with van der Waals surface area (Å²) >= 11 is 0. The van der Waals surface area contributed by atoms with Crippen LogP contribution in [0.3, 0.4) is 0 Å². The van der Waals surface area contributed by atoms with Gasteiger partial charge in [0.2, 0.25) is 0 Å². The number of carbonyl (C=O) groups is 1. The van der Waals surface area contributed by atoms with E-state index in [1.54, 1.807) is 25.1 Å². The maximum atomic E-state index is 12.3. The minimum absolute atomic E-state index is 0.0340. The van der Waals surface area contributed by atoms with Crippen molar-refractivity contribution in [3.63, 3.8) is 0 Å². The monoisotopic (exact) mass is 370 g/mol. The highest BCUT2D eigenvalue weighted by Gasteiger charge is 2.12. The molecular weight excluding hydrogens is 354 g/mol. The highest BCUT2D eigenvalue weighted by molar-refractivity contribution is 6.03. The second-order valence-corrected chi connectivity index (χ2v) is 5.76. The Morgan fingerprint density at radius 1 is 1.07 bits per heavy atom. The smallest absolute Gasteiger partial charge is 0.387 e. The van der Waals surface area contributed by atoms with Crippen molar-refractivity contribution in [1.82, 2.24) is 5.43 Å². The molecule has 0 aromatic heterocycles. The van der Waals surface area contributed by atoms with Gasteiger partial charge in [0.15, 0.2) is 0 Å². The summed E-state index contributed by atoms with van der Waals surface area (Å²) in [5.74, 6) is -0.672. The van der Waals surface area contributed by atoms with Crippen LogP contribution in [0.15, 0.2) is 65.8 Å². The summed E-state index contributed by atoms with van der Waals surface area (Å²) in [6.45, 7) is -1.23. The van der Waals surface area contributed by atoms with Crippen molar-refractivity contribution < 1.29 is 23.4 Å². The summed E-state index contributed by atoms with van der Waals surface area (Å²) in [5.41, 5.74) is 3.58. The Bertz CT molecular complexity index is 1000. The predicted octanol–water partition coefficient (Wildman–Crippen LogP) is 4.30. The van der Waals surface area contributed by atoms with Crippen molar-refractivity contribution in [1.29, 1.82) is 0 Å². The number of phenolic OH excluding ortho intramolecular Hbond substituents is 1. The van der Waals surface area contributed by atoms with Crippen molar-refractivity contribution in [2.24, 2.45) is 5.10 Å². The van der Waals surface area contributed by atoms with Gasteiger partial charge in [-0.1, -0.05) is 24.3 Å². The molecule has 3 aromatic rings. The van der Waals surface area contributed by atoms with E-state index in [0.717, 1.165) is 10.8 Å². The van der Waals surface area contributed by atoms with Gasteiger partial charge in [0.05, 0.1) is 11.3 Å². The van der Waals surface area contributed by atoms with Crippen molar-refractivity contribution in [3.8, 4) is 11.5 Å².